The molecule has 18 heavy (non-hydrogen) atoms. The predicted octanol–water partition coefficient (Wildman–Crippen LogP) is 1.59. The number of carbonyl (C=O) groups excluding carboxylic acids is 1. The maximum absolute atomic E-state index is 13.0. The Morgan fingerprint density at radius 1 is 1.61 bits per heavy atom. The highest BCUT2D eigenvalue weighted by Gasteiger charge is 2.15. The number of halogens is 1. The van der Waals surface area contributed by atoms with E-state index < -0.39 is 11.7 Å². The Morgan fingerprint density at radius 2 is 2.39 bits per heavy atom. The van der Waals surface area contributed by atoms with Gasteiger partial charge in [-0.05, 0) is 17.7 Å². The first-order chi connectivity index (χ1) is 8.67. The fraction of sp³-hybridized carbons (Fsp3) is 0.385. The molecule has 4 nitrogen and oxygen atoms in total. The van der Waals surface area contributed by atoms with Crippen molar-refractivity contribution in [2.45, 2.75) is 12.3 Å². The second-order valence-corrected chi connectivity index (χ2v) is 3.78. The van der Waals surface area contributed by atoms with Crippen LogP contribution in [0.4, 0.5) is 4.39 Å². The van der Waals surface area contributed by atoms with Crippen LogP contribution in [-0.4, -0.2) is 26.2 Å². The third kappa shape index (κ3) is 4.52. The molecule has 0 radical (unpaired) electrons. The lowest BCUT2D eigenvalue weighted by Crippen LogP contribution is -2.28. The number of hydrogen-bond acceptors (Lipinski definition) is 3. The summed E-state index contributed by atoms with van der Waals surface area (Å²) in [5.74, 6) is -1.29. The lowest BCUT2D eigenvalue weighted by Gasteiger charge is -2.10. The molecule has 1 N–H and O–H groups in total. The van der Waals surface area contributed by atoms with Crippen LogP contribution in [0.5, 0.6) is 0 Å². The van der Waals surface area contributed by atoms with Crippen molar-refractivity contribution < 1.29 is 13.9 Å². The monoisotopic (exact) mass is 250 g/mol. The van der Waals surface area contributed by atoms with Crippen molar-refractivity contribution in [2.75, 3.05) is 20.3 Å². The van der Waals surface area contributed by atoms with Crippen LogP contribution in [0.25, 0.3) is 0 Å². The third-order valence-corrected chi connectivity index (χ3v) is 2.42. The second-order valence-electron chi connectivity index (χ2n) is 3.78. The molecule has 0 aliphatic heterocycles. The highest BCUT2D eigenvalue weighted by Crippen LogP contribution is 2.19. The van der Waals surface area contributed by atoms with E-state index in [0.29, 0.717) is 18.7 Å². The average Bonchev–Trinajstić information content (AvgIpc) is 2.36. The summed E-state index contributed by atoms with van der Waals surface area (Å²) >= 11 is 0. The summed E-state index contributed by atoms with van der Waals surface area (Å²) in [5, 5.41) is 11.6. The molecule has 0 fully saturated rings. The van der Waals surface area contributed by atoms with Crippen LogP contribution >= 0.6 is 0 Å². The largest absolute Gasteiger partial charge is 0.383 e. The van der Waals surface area contributed by atoms with Gasteiger partial charge in [0.1, 0.15) is 5.82 Å². The molecule has 0 aliphatic carbocycles. The van der Waals surface area contributed by atoms with Crippen LogP contribution in [0, 0.1) is 17.1 Å². The molecule has 1 amide bonds. The lowest BCUT2D eigenvalue weighted by molar-refractivity contribution is -0.121. The highest BCUT2D eigenvalue weighted by atomic mass is 19.1. The van der Waals surface area contributed by atoms with Crippen LogP contribution < -0.4 is 5.32 Å². The molecule has 1 atom stereocenters. The van der Waals surface area contributed by atoms with Gasteiger partial charge >= 0.3 is 0 Å². The molecule has 0 bridgehead atoms. The predicted molar refractivity (Wildman–Crippen MR) is 64.3 cm³/mol. The Hall–Kier alpha value is -1.93. The van der Waals surface area contributed by atoms with Gasteiger partial charge in [0.15, 0.2) is 0 Å². The number of hydrogen-bond donors (Lipinski definition) is 1. The lowest BCUT2D eigenvalue weighted by atomic mass is 9.97. The number of nitriles is 1. The summed E-state index contributed by atoms with van der Waals surface area (Å²) in [7, 11) is 1.54. The zero-order chi connectivity index (χ0) is 13.4. The van der Waals surface area contributed by atoms with Crippen LogP contribution in [0.2, 0.25) is 0 Å². The van der Waals surface area contributed by atoms with Gasteiger partial charge in [0, 0.05) is 20.1 Å². The maximum Gasteiger partial charge on any atom is 0.221 e. The first-order valence-electron chi connectivity index (χ1n) is 5.58. The molecular formula is C13H15FN2O2. The first-order valence-corrected chi connectivity index (χ1v) is 5.58. The number of amides is 1. The van der Waals surface area contributed by atoms with Crippen molar-refractivity contribution in [3.8, 4) is 6.07 Å². The van der Waals surface area contributed by atoms with E-state index in [1.165, 1.54) is 25.3 Å². The Labute approximate surface area is 105 Å². The van der Waals surface area contributed by atoms with Crippen LogP contribution in [0.3, 0.4) is 0 Å². The SMILES string of the molecule is COCCNC(=O)CC(C#N)c1cccc(F)c1. The van der Waals surface area contributed by atoms with E-state index in [2.05, 4.69) is 5.32 Å². The molecule has 0 heterocycles. The summed E-state index contributed by atoms with van der Waals surface area (Å²) in [6.07, 6.45) is 0.0175. The van der Waals surface area contributed by atoms with Crippen molar-refractivity contribution in [3.63, 3.8) is 0 Å². The Morgan fingerprint density at radius 3 is 3.00 bits per heavy atom. The van der Waals surface area contributed by atoms with Crippen LogP contribution in [-0.2, 0) is 9.53 Å². The van der Waals surface area contributed by atoms with E-state index in [1.807, 2.05) is 6.07 Å². The summed E-state index contributed by atoms with van der Waals surface area (Å²) in [5.41, 5.74) is 0.513. The van der Waals surface area contributed by atoms with E-state index in [4.69, 9.17) is 10.00 Å². The molecule has 1 rings (SSSR count). The van der Waals surface area contributed by atoms with Crippen molar-refractivity contribution in [2.24, 2.45) is 0 Å². The molecule has 96 valence electrons. The minimum Gasteiger partial charge on any atom is -0.383 e. The Kier molecular flexibility index (Phi) is 5.81. The minimum absolute atomic E-state index is 0.0175. The molecule has 1 aromatic carbocycles. The maximum atomic E-state index is 13.0. The Bertz CT molecular complexity index is 443. The van der Waals surface area contributed by atoms with Crippen molar-refractivity contribution in [1.29, 1.82) is 5.26 Å². The minimum atomic E-state index is -0.636. The normalized spacial score (nSPS) is 11.6. The molecule has 0 saturated carbocycles. The van der Waals surface area contributed by atoms with Crippen LogP contribution in [0.1, 0.15) is 17.9 Å². The number of rotatable bonds is 6. The second kappa shape index (κ2) is 7.41. The number of ether oxygens (including phenoxy) is 1. The van der Waals surface area contributed by atoms with Gasteiger partial charge in [0.25, 0.3) is 0 Å². The van der Waals surface area contributed by atoms with Gasteiger partial charge in [-0.25, -0.2) is 4.39 Å². The molecular weight excluding hydrogens is 235 g/mol. The molecule has 0 aliphatic rings. The van der Waals surface area contributed by atoms with Gasteiger partial charge in [0.05, 0.1) is 18.6 Å². The first kappa shape index (κ1) is 14.1. The fourth-order valence-corrected chi connectivity index (χ4v) is 1.51. The molecule has 5 heteroatoms. The van der Waals surface area contributed by atoms with E-state index >= 15 is 0 Å². The smallest absolute Gasteiger partial charge is 0.221 e. The summed E-state index contributed by atoms with van der Waals surface area (Å²) in [4.78, 5) is 11.5. The number of nitrogens with zero attached hydrogens (tertiary/aromatic N) is 1. The zero-order valence-electron chi connectivity index (χ0n) is 10.1. The average molecular weight is 250 g/mol. The summed E-state index contributed by atoms with van der Waals surface area (Å²) < 4.78 is 17.8. The number of benzene rings is 1. The van der Waals surface area contributed by atoms with E-state index in [-0.39, 0.29) is 12.3 Å². The quantitative estimate of drug-likeness (QED) is 0.780. The topological polar surface area (TPSA) is 62.1 Å². The van der Waals surface area contributed by atoms with Gasteiger partial charge in [-0.3, -0.25) is 4.79 Å². The van der Waals surface area contributed by atoms with Crippen molar-refractivity contribution in [3.05, 3.63) is 35.6 Å². The number of carbonyl (C=O) groups is 1. The molecule has 1 aromatic rings. The molecule has 0 aromatic heterocycles. The standard InChI is InChI=1S/C13H15FN2O2/c1-18-6-5-16-13(17)8-11(9-15)10-3-2-4-12(14)7-10/h2-4,7,11H,5-6,8H2,1H3,(H,16,17). The van der Waals surface area contributed by atoms with Crippen molar-refractivity contribution in [1.82, 2.24) is 5.32 Å². The Balaban J connectivity index is 2.57. The fourth-order valence-electron chi connectivity index (χ4n) is 1.51. The van der Waals surface area contributed by atoms with Gasteiger partial charge in [-0.1, -0.05) is 12.1 Å². The highest BCUT2D eigenvalue weighted by molar-refractivity contribution is 5.77. The van der Waals surface area contributed by atoms with Gasteiger partial charge in [-0.2, -0.15) is 5.26 Å². The van der Waals surface area contributed by atoms with Gasteiger partial charge in [-0.15, -0.1) is 0 Å². The molecule has 0 saturated heterocycles. The van der Waals surface area contributed by atoms with E-state index in [9.17, 15) is 9.18 Å². The van der Waals surface area contributed by atoms with Crippen molar-refractivity contribution >= 4 is 5.91 Å². The molecule has 0 spiro atoms. The van der Waals surface area contributed by atoms with E-state index in [0.717, 1.165) is 0 Å². The van der Waals surface area contributed by atoms with E-state index in [1.54, 1.807) is 6.07 Å². The molecule has 1 unspecified atom stereocenters. The summed E-state index contributed by atoms with van der Waals surface area (Å²) in [6, 6.07) is 7.75. The number of methoxy groups -OCH3 is 1. The zero-order valence-corrected chi connectivity index (χ0v) is 10.1. The van der Waals surface area contributed by atoms with Gasteiger partial charge < -0.3 is 10.1 Å². The third-order valence-electron chi connectivity index (χ3n) is 2.42. The number of nitrogens with one attached hydrogen (secondary N) is 1. The van der Waals surface area contributed by atoms with Gasteiger partial charge in [0.2, 0.25) is 5.91 Å². The van der Waals surface area contributed by atoms with Crippen LogP contribution in [0.15, 0.2) is 24.3 Å². The summed E-state index contributed by atoms with van der Waals surface area (Å²) in [6.45, 7) is 0.819.